The molecule has 0 aromatic carbocycles. The van der Waals surface area contributed by atoms with Gasteiger partial charge >= 0.3 is 0 Å². The Bertz CT molecular complexity index is 414. The average Bonchev–Trinajstić information content (AvgIpc) is 3.00. The van der Waals surface area contributed by atoms with Gasteiger partial charge in [-0.2, -0.15) is 0 Å². The van der Waals surface area contributed by atoms with Crippen LogP contribution in [0, 0.1) is 5.92 Å². The summed E-state index contributed by atoms with van der Waals surface area (Å²) < 4.78 is 0. The van der Waals surface area contributed by atoms with E-state index in [1.807, 2.05) is 0 Å². The Morgan fingerprint density at radius 1 is 1.45 bits per heavy atom. The van der Waals surface area contributed by atoms with E-state index >= 15 is 0 Å². The number of nitrogens with one attached hydrogen (secondary N) is 1. The van der Waals surface area contributed by atoms with Crippen molar-refractivity contribution < 1.29 is 0 Å². The summed E-state index contributed by atoms with van der Waals surface area (Å²) in [4.78, 5) is 8.45. The van der Waals surface area contributed by atoms with Crippen LogP contribution in [0.3, 0.4) is 0 Å². The highest BCUT2D eigenvalue weighted by Crippen LogP contribution is 2.17. The van der Waals surface area contributed by atoms with E-state index in [9.17, 15) is 0 Å². The summed E-state index contributed by atoms with van der Waals surface area (Å²) in [5.74, 6) is 1.30. The van der Waals surface area contributed by atoms with E-state index in [0.29, 0.717) is 11.9 Å². The van der Waals surface area contributed by atoms with E-state index in [4.69, 9.17) is 5.73 Å². The summed E-state index contributed by atoms with van der Waals surface area (Å²) in [6.07, 6.45) is 4.78. The van der Waals surface area contributed by atoms with Crippen LogP contribution in [-0.4, -0.2) is 43.6 Å². The fourth-order valence-corrected chi connectivity index (χ4v) is 3.47. The molecule has 0 atom stereocenters. The standard InChI is InChI=1S/C16H28N4S.HI/c1-2-9-20-10-6-14(7-11-20)13-19-16(17)18-8-5-15-4-3-12-21-15;/h3-4,12,14H,2,5-11,13H2,1H3,(H3,17,18,19);1H. The third kappa shape index (κ3) is 7.28. The van der Waals surface area contributed by atoms with Crippen molar-refractivity contribution in [3.8, 4) is 0 Å². The van der Waals surface area contributed by atoms with Crippen molar-refractivity contribution in [1.29, 1.82) is 0 Å². The zero-order valence-electron chi connectivity index (χ0n) is 13.5. The average molecular weight is 436 g/mol. The molecule has 4 nitrogen and oxygen atoms in total. The lowest BCUT2D eigenvalue weighted by molar-refractivity contribution is 0.188. The van der Waals surface area contributed by atoms with Crippen LogP contribution in [0.2, 0.25) is 0 Å². The van der Waals surface area contributed by atoms with Crippen LogP contribution >= 0.6 is 35.3 Å². The van der Waals surface area contributed by atoms with Crippen molar-refractivity contribution in [3.05, 3.63) is 22.4 Å². The summed E-state index contributed by atoms with van der Waals surface area (Å²) in [5.41, 5.74) is 5.94. The van der Waals surface area contributed by atoms with Crippen LogP contribution in [0.5, 0.6) is 0 Å². The number of thiophene rings is 1. The molecule has 1 aliphatic rings. The minimum atomic E-state index is 0. The van der Waals surface area contributed by atoms with Crippen molar-refractivity contribution in [2.24, 2.45) is 16.6 Å². The van der Waals surface area contributed by atoms with Gasteiger partial charge in [-0.1, -0.05) is 13.0 Å². The number of rotatable bonds is 7. The number of nitrogens with zero attached hydrogens (tertiary/aromatic N) is 2. The van der Waals surface area contributed by atoms with Crippen LogP contribution in [0.15, 0.2) is 22.5 Å². The van der Waals surface area contributed by atoms with Crippen molar-refractivity contribution >= 4 is 41.3 Å². The molecule has 0 spiro atoms. The molecular formula is C16H29IN4S. The van der Waals surface area contributed by atoms with Crippen molar-refractivity contribution in [1.82, 2.24) is 10.2 Å². The maximum absolute atomic E-state index is 5.94. The number of aliphatic imine (C=N–C) groups is 1. The van der Waals surface area contributed by atoms with E-state index in [0.717, 1.165) is 19.5 Å². The maximum atomic E-state index is 5.94. The molecule has 1 saturated heterocycles. The van der Waals surface area contributed by atoms with Gasteiger partial charge in [-0.3, -0.25) is 4.99 Å². The minimum Gasteiger partial charge on any atom is -0.370 e. The topological polar surface area (TPSA) is 53.6 Å². The smallest absolute Gasteiger partial charge is 0.188 e. The van der Waals surface area contributed by atoms with E-state index < -0.39 is 0 Å². The second kappa shape index (κ2) is 11.2. The van der Waals surface area contributed by atoms with E-state index in [-0.39, 0.29) is 24.0 Å². The van der Waals surface area contributed by atoms with Gasteiger partial charge in [0, 0.05) is 18.0 Å². The lowest BCUT2D eigenvalue weighted by atomic mass is 9.97. The summed E-state index contributed by atoms with van der Waals surface area (Å²) in [6.45, 7) is 7.67. The van der Waals surface area contributed by atoms with Crippen molar-refractivity contribution in [3.63, 3.8) is 0 Å². The van der Waals surface area contributed by atoms with Gasteiger partial charge in [0.15, 0.2) is 5.96 Å². The highest BCUT2D eigenvalue weighted by molar-refractivity contribution is 14.0. The maximum Gasteiger partial charge on any atom is 0.188 e. The van der Waals surface area contributed by atoms with Crippen LogP contribution in [-0.2, 0) is 6.42 Å². The van der Waals surface area contributed by atoms with Gasteiger partial charge in [-0.05, 0) is 62.7 Å². The molecule has 0 radical (unpaired) electrons. The lowest BCUT2D eigenvalue weighted by Gasteiger charge is -2.30. The molecule has 126 valence electrons. The molecule has 2 rings (SSSR count). The number of halogens is 1. The molecule has 3 N–H and O–H groups in total. The van der Waals surface area contributed by atoms with Crippen LogP contribution in [0.1, 0.15) is 31.1 Å². The fraction of sp³-hybridized carbons (Fsp3) is 0.688. The molecule has 2 heterocycles. The Hall–Kier alpha value is -0.340. The Kier molecular flexibility index (Phi) is 10.1. The van der Waals surface area contributed by atoms with Crippen LogP contribution < -0.4 is 11.1 Å². The van der Waals surface area contributed by atoms with Crippen LogP contribution in [0.4, 0.5) is 0 Å². The van der Waals surface area contributed by atoms with Gasteiger partial charge in [0.1, 0.15) is 0 Å². The first-order valence-corrected chi connectivity index (χ1v) is 8.94. The van der Waals surface area contributed by atoms with E-state index in [2.05, 4.69) is 39.6 Å². The molecule has 0 aliphatic carbocycles. The predicted octanol–water partition coefficient (Wildman–Crippen LogP) is 2.93. The van der Waals surface area contributed by atoms with Gasteiger partial charge in [-0.25, -0.2) is 0 Å². The molecule has 6 heteroatoms. The van der Waals surface area contributed by atoms with Gasteiger partial charge in [0.2, 0.25) is 0 Å². The molecular weight excluding hydrogens is 407 g/mol. The third-order valence-electron chi connectivity index (χ3n) is 4.02. The number of hydrogen-bond donors (Lipinski definition) is 2. The number of likely N-dealkylation sites (tertiary alicyclic amines) is 1. The Labute approximate surface area is 155 Å². The van der Waals surface area contributed by atoms with Gasteiger partial charge in [0.25, 0.3) is 0 Å². The summed E-state index contributed by atoms with van der Waals surface area (Å²) in [6, 6.07) is 4.24. The predicted molar refractivity (Wildman–Crippen MR) is 107 cm³/mol. The SMILES string of the molecule is CCCN1CCC(CN=C(N)NCCc2cccs2)CC1.I. The second-order valence-electron chi connectivity index (χ2n) is 5.77. The number of piperidine rings is 1. The molecule has 0 saturated carbocycles. The highest BCUT2D eigenvalue weighted by atomic mass is 127. The normalized spacial score (nSPS) is 17.2. The van der Waals surface area contributed by atoms with Crippen molar-refractivity contribution in [2.45, 2.75) is 32.6 Å². The summed E-state index contributed by atoms with van der Waals surface area (Å²) in [7, 11) is 0. The molecule has 0 bridgehead atoms. The monoisotopic (exact) mass is 436 g/mol. The Morgan fingerprint density at radius 2 is 2.23 bits per heavy atom. The largest absolute Gasteiger partial charge is 0.370 e. The minimum absolute atomic E-state index is 0. The molecule has 1 aromatic rings. The van der Waals surface area contributed by atoms with E-state index in [1.165, 1.54) is 43.8 Å². The summed E-state index contributed by atoms with van der Waals surface area (Å²) in [5, 5.41) is 5.32. The van der Waals surface area contributed by atoms with Gasteiger partial charge in [-0.15, -0.1) is 35.3 Å². The second-order valence-corrected chi connectivity index (χ2v) is 6.80. The Balaban J connectivity index is 0.00000242. The van der Waals surface area contributed by atoms with Gasteiger partial charge in [0.05, 0.1) is 0 Å². The third-order valence-corrected chi connectivity index (χ3v) is 4.96. The molecule has 1 aromatic heterocycles. The number of hydrogen-bond acceptors (Lipinski definition) is 3. The molecule has 22 heavy (non-hydrogen) atoms. The Morgan fingerprint density at radius 3 is 2.86 bits per heavy atom. The first-order valence-electron chi connectivity index (χ1n) is 8.06. The van der Waals surface area contributed by atoms with Crippen molar-refractivity contribution in [2.75, 3.05) is 32.7 Å². The van der Waals surface area contributed by atoms with E-state index in [1.54, 1.807) is 11.3 Å². The molecule has 1 aliphatic heterocycles. The molecule has 1 fully saturated rings. The first kappa shape index (κ1) is 19.7. The zero-order valence-corrected chi connectivity index (χ0v) is 16.6. The highest BCUT2D eigenvalue weighted by Gasteiger charge is 2.17. The fourth-order valence-electron chi connectivity index (χ4n) is 2.76. The molecule has 0 amide bonds. The van der Waals surface area contributed by atoms with Gasteiger partial charge < -0.3 is 16.0 Å². The first-order chi connectivity index (χ1) is 10.3. The number of nitrogens with two attached hydrogens (primary N) is 1. The lowest BCUT2D eigenvalue weighted by Crippen LogP contribution is -2.36. The molecule has 0 unspecified atom stereocenters. The zero-order chi connectivity index (χ0) is 14.9. The number of guanidine groups is 1. The quantitative estimate of drug-likeness (QED) is 0.393. The summed E-state index contributed by atoms with van der Waals surface area (Å²) >= 11 is 1.79. The van der Waals surface area contributed by atoms with Crippen LogP contribution in [0.25, 0.3) is 0 Å².